The first kappa shape index (κ1) is 19.6. The summed E-state index contributed by atoms with van der Waals surface area (Å²) in [5.74, 6) is -0.0990. The Morgan fingerprint density at radius 3 is 2.74 bits per heavy atom. The molecule has 1 atom stereocenters. The maximum atomic E-state index is 12.7. The van der Waals surface area contributed by atoms with Crippen molar-refractivity contribution in [3.63, 3.8) is 0 Å². The van der Waals surface area contributed by atoms with Crippen LogP contribution in [-0.2, 0) is 14.3 Å². The quantitative estimate of drug-likeness (QED) is 0.803. The van der Waals surface area contributed by atoms with Crippen molar-refractivity contribution < 1.29 is 14.3 Å². The molecule has 0 aliphatic carbocycles. The predicted octanol–water partition coefficient (Wildman–Crippen LogP) is 2.08. The molecular weight excluding hydrogens is 342 g/mol. The summed E-state index contributed by atoms with van der Waals surface area (Å²) >= 11 is 0. The molecule has 3 rings (SSSR count). The van der Waals surface area contributed by atoms with E-state index in [4.69, 9.17) is 4.74 Å². The molecule has 146 valence electrons. The van der Waals surface area contributed by atoms with E-state index >= 15 is 0 Å². The van der Waals surface area contributed by atoms with Crippen molar-refractivity contribution in [2.75, 3.05) is 33.4 Å². The number of carbonyl (C=O) groups excluding carboxylic acids is 2. The van der Waals surface area contributed by atoms with Crippen LogP contribution in [0.2, 0.25) is 0 Å². The Morgan fingerprint density at radius 1 is 1.30 bits per heavy atom. The molecule has 0 bridgehead atoms. The highest BCUT2D eigenvalue weighted by Crippen LogP contribution is 2.33. The molecule has 1 aromatic rings. The third kappa shape index (κ3) is 4.57. The minimum Gasteiger partial charge on any atom is -0.384 e. The van der Waals surface area contributed by atoms with Crippen molar-refractivity contribution in [3.05, 3.63) is 41.6 Å². The molecule has 0 saturated carbocycles. The van der Waals surface area contributed by atoms with E-state index in [2.05, 4.69) is 10.6 Å². The number of rotatable bonds is 6. The summed E-state index contributed by atoms with van der Waals surface area (Å²) in [4.78, 5) is 26.5. The maximum Gasteiger partial charge on any atom is 0.223 e. The molecule has 1 unspecified atom stereocenters. The van der Waals surface area contributed by atoms with Crippen molar-refractivity contribution in [1.82, 2.24) is 15.5 Å². The second-order valence-electron chi connectivity index (χ2n) is 7.55. The first-order valence-corrected chi connectivity index (χ1v) is 9.57. The number of benzene rings is 1. The molecule has 0 aromatic heterocycles. The van der Waals surface area contributed by atoms with E-state index in [1.807, 2.05) is 30.3 Å². The molecule has 0 spiro atoms. The van der Waals surface area contributed by atoms with Crippen LogP contribution < -0.4 is 10.6 Å². The average molecular weight is 371 g/mol. The molecule has 2 heterocycles. The minimum atomic E-state index is -0.268. The highest BCUT2D eigenvalue weighted by atomic mass is 16.5. The number of carbonyl (C=O) groups is 2. The zero-order valence-electron chi connectivity index (χ0n) is 16.2. The van der Waals surface area contributed by atoms with Gasteiger partial charge in [-0.05, 0) is 43.1 Å². The average Bonchev–Trinajstić information content (AvgIpc) is 2.67. The Bertz CT molecular complexity index is 705. The van der Waals surface area contributed by atoms with Crippen LogP contribution in [0.5, 0.6) is 0 Å². The Kier molecular flexibility index (Phi) is 6.29. The van der Waals surface area contributed by atoms with E-state index in [0.717, 1.165) is 37.1 Å². The van der Waals surface area contributed by atoms with E-state index in [1.165, 1.54) is 6.92 Å². The number of piperidine rings is 1. The van der Waals surface area contributed by atoms with Gasteiger partial charge in [0.25, 0.3) is 0 Å². The smallest absolute Gasteiger partial charge is 0.223 e. The number of nitrogens with zero attached hydrogens (tertiary/aromatic N) is 1. The molecule has 6 nitrogen and oxygen atoms in total. The zero-order chi connectivity index (χ0) is 19.3. The van der Waals surface area contributed by atoms with E-state index in [9.17, 15) is 9.59 Å². The number of methoxy groups -OCH3 is 1. The third-order valence-corrected chi connectivity index (χ3v) is 5.62. The van der Waals surface area contributed by atoms with Gasteiger partial charge in [-0.25, -0.2) is 0 Å². The molecular formula is C21H29N3O3. The minimum absolute atomic E-state index is 0.0136. The first-order chi connectivity index (χ1) is 13.0. The SMILES string of the molecule is COCC1(CNC(=O)CC2c3ccccc3C=CN2C(C)=O)CCNCC1. The van der Waals surface area contributed by atoms with Gasteiger partial charge in [0.15, 0.2) is 0 Å². The van der Waals surface area contributed by atoms with Crippen molar-refractivity contribution in [2.45, 2.75) is 32.2 Å². The summed E-state index contributed by atoms with van der Waals surface area (Å²) in [5, 5.41) is 6.47. The van der Waals surface area contributed by atoms with Crippen molar-refractivity contribution >= 4 is 17.9 Å². The Balaban J connectivity index is 1.68. The number of ether oxygens (including phenoxy) is 1. The van der Waals surface area contributed by atoms with Crippen LogP contribution in [0.3, 0.4) is 0 Å². The van der Waals surface area contributed by atoms with Crippen LogP contribution in [0.15, 0.2) is 30.5 Å². The molecule has 0 radical (unpaired) electrons. The first-order valence-electron chi connectivity index (χ1n) is 9.57. The summed E-state index contributed by atoms with van der Waals surface area (Å²) in [5.41, 5.74) is 2.06. The highest BCUT2D eigenvalue weighted by Gasteiger charge is 2.33. The van der Waals surface area contributed by atoms with Crippen LogP contribution in [0.25, 0.3) is 6.08 Å². The Labute approximate surface area is 161 Å². The number of hydrogen-bond donors (Lipinski definition) is 2. The second kappa shape index (κ2) is 8.67. The standard InChI is InChI=1S/C21H29N3O3/c1-16(25)24-12-7-17-5-3-4-6-18(17)19(24)13-20(26)23-14-21(15-27-2)8-10-22-11-9-21/h3-7,12,19,22H,8-11,13-15H2,1-2H3,(H,23,26). The molecule has 2 aliphatic heterocycles. The van der Waals surface area contributed by atoms with Gasteiger partial charge in [-0.1, -0.05) is 24.3 Å². The molecule has 1 fully saturated rings. The van der Waals surface area contributed by atoms with Crippen LogP contribution in [0.1, 0.15) is 43.4 Å². The topological polar surface area (TPSA) is 70.7 Å². The van der Waals surface area contributed by atoms with Crippen molar-refractivity contribution in [1.29, 1.82) is 0 Å². The van der Waals surface area contributed by atoms with Gasteiger partial charge < -0.3 is 20.3 Å². The van der Waals surface area contributed by atoms with E-state index in [0.29, 0.717) is 13.2 Å². The van der Waals surface area contributed by atoms with Gasteiger partial charge in [0.2, 0.25) is 11.8 Å². The van der Waals surface area contributed by atoms with Gasteiger partial charge in [0, 0.05) is 32.2 Å². The van der Waals surface area contributed by atoms with Crippen LogP contribution in [-0.4, -0.2) is 50.1 Å². The van der Waals surface area contributed by atoms with Crippen LogP contribution in [0, 0.1) is 5.41 Å². The molecule has 2 aliphatic rings. The van der Waals surface area contributed by atoms with Gasteiger partial charge in [-0.3, -0.25) is 9.59 Å². The van der Waals surface area contributed by atoms with Gasteiger partial charge in [-0.15, -0.1) is 0 Å². The number of nitrogens with one attached hydrogen (secondary N) is 2. The molecule has 27 heavy (non-hydrogen) atoms. The van der Waals surface area contributed by atoms with Crippen molar-refractivity contribution in [3.8, 4) is 0 Å². The van der Waals surface area contributed by atoms with Crippen LogP contribution in [0.4, 0.5) is 0 Å². The normalized spacial score (nSPS) is 20.8. The lowest BCUT2D eigenvalue weighted by molar-refractivity contribution is -0.130. The summed E-state index contributed by atoms with van der Waals surface area (Å²) < 4.78 is 5.42. The fourth-order valence-electron chi connectivity index (χ4n) is 4.08. The summed E-state index contributed by atoms with van der Waals surface area (Å²) in [6, 6.07) is 7.65. The lowest BCUT2D eigenvalue weighted by Gasteiger charge is -2.37. The zero-order valence-corrected chi connectivity index (χ0v) is 16.2. The maximum absolute atomic E-state index is 12.7. The summed E-state index contributed by atoms with van der Waals surface area (Å²) in [6.45, 7) is 4.66. The second-order valence-corrected chi connectivity index (χ2v) is 7.55. The molecule has 1 aromatic carbocycles. The number of hydrogen-bond acceptors (Lipinski definition) is 4. The van der Waals surface area contributed by atoms with E-state index < -0.39 is 0 Å². The van der Waals surface area contributed by atoms with Gasteiger partial charge in [-0.2, -0.15) is 0 Å². The summed E-state index contributed by atoms with van der Waals surface area (Å²) in [7, 11) is 1.71. The highest BCUT2D eigenvalue weighted by molar-refractivity contribution is 5.81. The van der Waals surface area contributed by atoms with E-state index in [1.54, 1.807) is 18.2 Å². The molecule has 6 heteroatoms. The van der Waals surface area contributed by atoms with Gasteiger partial charge in [0.1, 0.15) is 0 Å². The lowest BCUT2D eigenvalue weighted by Crippen LogP contribution is -2.47. The fraction of sp³-hybridized carbons (Fsp3) is 0.524. The lowest BCUT2D eigenvalue weighted by atomic mass is 9.79. The number of amides is 2. The van der Waals surface area contributed by atoms with Crippen molar-refractivity contribution in [2.24, 2.45) is 5.41 Å². The third-order valence-electron chi connectivity index (χ3n) is 5.62. The largest absolute Gasteiger partial charge is 0.384 e. The van der Waals surface area contributed by atoms with Crippen LogP contribution >= 0.6 is 0 Å². The predicted molar refractivity (Wildman–Crippen MR) is 105 cm³/mol. The Hall–Kier alpha value is -2.18. The Morgan fingerprint density at radius 2 is 2.04 bits per heavy atom. The molecule has 2 amide bonds. The molecule has 2 N–H and O–H groups in total. The summed E-state index contributed by atoms with van der Waals surface area (Å²) in [6.07, 6.45) is 5.92. The monoisotopic (exact) mass is 371 g/mol. The van der Waals surface area contributed by atoms with E-state index in [-0.39, 0.29) is 29.7 Å². The number of fused-ring (bicyclic) bond motifs is 1. The fourth-order valence-corrected chi connectivity index (χ4v) is 4.08. The van der Waals surface area contributed by atoms with Gasteiger partial charge >= 0.3 is 0 Å². The molecule has 1 saturated heterocycles. The van der Waals surface area contributed by atoms with Gasteiger partial charge in [0.05, 0.1) is 19.1 Å².